The van der Waals surface area contributed by atoms with Crippen LogP contribution in [0.3, 0.4) is 0 Å². The van der Waals surface area contributed by atoms with Gasteiger partial charge in [-0.2, -0.15) is 0 Å². The summed E-state index contributed by atoms with van der Waals surface area (Å²) in [6, 6.07) is 0. The van der Waals surface area contributed by atoms with E-state index in [-0.39, 0.29) is 34.6 Å². The van der Waals surface area contributed by atoms with Crippen LogP contribution in [0.4, 0.5) is 0 Å². The molecule has 27 heavy (non-hydrogen) atoms. The van der Waals surface area contributed by atoms with Crippen molar-refractivity contribution in [2.75, 3.05) is 0 Å². The molecule has 0 aromatic heterocycles. The van der Waals surface area contributed by atoms with Crippen LogP contribution in [0.5, 0.6) is 0 Å². The summed E-state index contributed by atoms with van der Waals surface area (Å²) >= 11 is 0. The molecule has 4 nitrogen and oxygen atoms in total. The SMILES string of the molecule is CC(=O)O[C@H]1CC[C@@]2(C)[C@@H](CC[C@@H]3[C@H]2CC[C@]2(C)[C@H](C(C)=O)CC[C@]32O)C1. The lowest BCUT2D eigenvalue weighted by Gasteiger charge is -2.63. The highest BCUT2D eigenvalue weighted by molar-refractivity contribution is 5.80. The van der Waals surface area contributed by atoms with Crippen LogP contribution in [0.15, 0.2) is 0 Å². The second-order valence-corrected chi connectivity index (χ2v) is 10.6. The maximum atomic E-state index is 12.3. The van der Waals surface area contributed by atoms with E-state index in [9.17, 15) is 14.7 Å². The molecular weight excluding hydrogens is 340 g/mol. The number of fused-ring (bicyclic) bond motifs is 5. The summed E-state index contributed by atoms with van der Waals surface area (Å²) in [6.45, 7) is 7.84. The maximum absolute atomic E-state index is 12.3. The van der Waals surface area contributed by atoms with Gasteiger partial charge in [0.2, 0.25) is 0 Å². The molecule has 4 aliphatic rings. The molecule has 0 aromatic carbocycles. The van der Waals surface area contributed by atoms with Gasteiger partial charge < -0.3 is 9.84 Å². The minimum absolute atomic E-state index is 0.0219. The summed E-state index contributed by atoms with van der Waals surface area (Å²) in [5.41, 5.74) is -0.712. The molecule has 0 amide bonds. The van der Waals surface area contributed by atoms with Gasteiger partial charge in [-0.15, -0.1) is 0 Å². The average Bonchev–Trinajstić information content (AvgIpc) is 2.86. The lowest BCUT2D eigenvalue weighted by Crippen LogP contribution is -2.62. The van der Waals surface area contributed by atoms with Crippen molar-refractivity contribution in [3.05, 3.63) is 0 Å². The Kier molecular flexibility index (Phi) is 4.53. The zero-order valence-electron chi connectivity index (χ0n) is 17.4. The molecule has 8 atom stereocenters. The molecule has 4 saturated carbocycles. The van der Waals surface area contributed by atoms with E-state index in [1.807, 2.05) is 0 Å². The van der Waals surface area contributed by atoms with Crippen molar-refractivity contribution in [3.63, 3.8) is 0 Å². The van der Waals surface area contributed by atoms with Crippen molar-refractivity contribution in [2.45, 2.75) is 97.2 Å². The van der Waals surface area contributed by atoms with E-state index in [0.29, 0.717) is 17.8 Å². The topological polar surface area (TPSA) is 63.6 Å². The normalized spacial score (nSPS) is 51.7. The quantitative estimate of drug-likeness (QED) is 0.731. The number of hydrogen-bond acceptors (Lipinski definition) is 4. The summed E-state index contributed by atoms with van der Waals surface area (Å²) < 4.78 is 5.54. The van der Waals surface area contributed by atoms with Crippen molar-refractivity contribution >= 4 is 11.8 Å². The van der Waals surface area contributed by atoms with Crippen LogP contribution >= 0.6 is 0 Å². The predicted molar refractivity (Wildman–Crippen MR) is 103 cm³/mol. The molecule has 0 radical (unpaired) electrons. The molecule has 4 rings (SSSR count). The van der Waals surface area contributed by atoms with E-state index in [1.54, 1.807) is 6.92 Å². The molecule has 1 N–H and O–H groups in total. The largest absolute Gasteiger partial charge is 0.463 e. The molecule has 4 aliphatic carbocycles. The molecular formula is C23H36O4. The predicted octanol–water partition coefficient (Wildman–Crippen LogP) is 4.28. The number of ketones is 1. The fraction of sp³-hybridized carbons (Fsp3) is 0.913. The molecule has 0 bridgehead atoms. The summed E-state index contributed by atoms with van der Waals surface area (Å²) in [5, 5.41) is 11.9. The van der Waals surface area contributed by atoms with Crippen molar-refractivity contribution in [1.82, 2.24) is 0 Å². The third kappa shape index (κ3) is 2.65. The second kappa shape index (κ2) is 6.30. The molecule has 4 fully saturated rings. The zero-order valence-corrected chi connectivity index (χ0v) is 17.4. The fourth-order valence-electron chi connectivity index (χ4n) is 8.18. The van der Waals surface area contributed by atoms with Gasteiger partial charge in [-0.3, -0.25) is 9.59 Å². The number of rotatable bonds is 2. The third-order valence-corrected chi connectivity index (χ3v) is 9.63. The highest BCUT2D eigenvalue weighted by atomic mass is 16.5. The van der Waals surface area contributed by atoms with E-state index in [2.05, 4.69) is 13.8 Å². The molecule has 0 aromatic rings. The van der Waals surface area contributed by atoms with Crippen LogP contribution in [-0.4, -0.2) is 28.6 Å². The highest BCUT2D eigenvalue weighted by Gasteiger charge is 2.67. The first-order valence-electron chi connectivity index (χ1n) is 11.0. The molecule has 0 heterocycles. The number of esters is 1. The Bertz CT molecular complexity index is 644. The van der Waals surface area contributed by atoms with E-state index < -0.39 is 5.60 Å². The number of aliphatic hydroxyl groups is 1. The number of carbonyl (C=O) groups excluding carboxylic acids is 2. The Morgan fingerprint density at radius 3 is 2.33 bits per heavy atom. The van der Waals surface area contributed by atoms with Gasteiger partial charge >= 0.3 is 5.97 Å². The van der Waals surface area contributed by atoms with Gasteiger partial charge in [0.05, 0.1) is 5.60 Å². The molecule has 0 aliphatic heterocycles. The monoisotopic (exact) mass is 376 g/mol. The Labute approximate surface area is 163 Å². The summed E-state index contributed by atoms with van der Waals surface area (Å²) in [6.07, 6.45) is 8.96. The van der Waals surface area contributed by atoms with Crippen LogP contribution in [0.1, 0.15) is 85.5 Å². The Balaban J connectivity index is 1.59. The average molecular weight is 377 g/mol. The smallest absolute Gasteiger partial charge is 0.302 e. The molecule has 0 spiro atoms. The fourth-order valence-corrected chi connectivity index (χ4v) is 8.18. The van der Waals surface area contributed by atoms with Crippen LogP contribution in [0.2, 0.25) is 0 Å². The van der Waals surface area contributed by atoms with E-state index in [0.717, 1.165) is 57.8 Å². The van der Waals surface area contributed by atoms with Gasteiger partial charge in [-0.1, -0.05) is 13.8 Å². The lowest BCUT2D eigenvalue weighted by molar-refractivity contribution is -0.211. The van der Waals surface area contributed by atoms with Gasteiger partial charge in [0.25, 0.3) is 0 Å². The van der Waals surface area contributed by atoms with Crippen molar-refractivity contribution in [3.8, 4) is 0 Å². The van der Waals surface area contributed by atoms with Crippen molar-refractivity contribution < 1.29 is 19.4 Å². The zero-order chi connectivity index (χ0) is 19.6. The molecule has 4 heteroatoms. The second-order valence-electron chi connectivity index (χ2n) is 10.6. The van der Waals surface area contributed by atoms with Crippen LogP contribution in [-0.2, 0) is 14.3 Å². The Morgan fingerprint density at radius 2 is 1.67 bits per heavy atom. The maximum Gasteiger partial charge on any atom is 0.302 e. The number of hydrogen-bond donors (Lipinski definition) is 1. The third-order valence-electron chi connectivity index (χ3n) is 9.63. The van der Waals surface area contributed by atoms with E-state index in [1.165, 1.54) is 6.92 Å². The first kappa shape index (κ1) is 19.4. The van der Waals surface area contributed by atoms with Gasteiger partial charge in [0.15, 0.2) is 0 Å². The lowest BCUT2D eigenvalue weighted by atomic mass is 9.43. The minimum atomic E-state index is -0.688. The molecule has 152 valence electrons. The molecule has 0 unspecified atom stereocenters. The van der Waals surface area contributed by atoms with Gasteiger partial charge in [0.1, 0.15) is 11.9 Å². The van der Waals surface area contributed by atoms with Crippen LogP contribution in [0, 0.1) is 34.5 Å². The van der Waals surface area contributed by atoms with Gasteiger partial charge in [-0.05, 0) is 87.9 Å². The summed E-state index contributed by atoms with van der Waals surface area (Å²) in [4.78, 5) is 23.7. The minimum Gasteiger partial charge on any atom is -0.463 e. The summed E-state index contributed by atoms with van der Waals surface area (Å²) in [5.74, 6) is 1.53. The van der Waals surface area contributed by atoms with E-state index in [4.69, 9.17) is 4.74 Å². The molecule has 0 saturated heterocycles. The first-order valence-corrected chi connectivity index (χ1v) is 11.0. The van der Waals surface area contributed by atoms with Crippen LogP contribution in [0.25, 0.3) is 0 Å². The standard InChI is InChI=1S/C23H36O4/c1-14(24)18-9-12-23(26)20-6-5-16-13-17(27-15(2)25)7-10-21(16,3)19(20)8-11-22(18,23)4/h16-20,26H,5-13H2,1-4H3/t16-,17-,18-,19+,20+,21-,22+,23-/m0/s1. The highest BCUT2D eigenvalue weighted by Crippen LogP contribution is 2.69. The van der Waals surface area contributed by atoms with Gasteiger partial charge in [-0.25, -0.2) is 0 Å². The van der Waals surface area contributed by atoms with E-state index >= 15 is 0 Å². The number of Topliss-reactive ketones (excluding diaryl/α,β-unsaturated/α-hetero) is 1. The van der Waals surface area contributed by atoms with Crippen molar-refractivity contribution in [2.24, 2.45) is 34.5 Å². The number of carbonyl (C=O) groups is 2. The van der Waals surface area contributed by atoms with Gasteiger partial charge in [0, 0.05) is 18.3 Å². The number of ether oxygens (including phenoxy) is 1. The van der Waals surface area contributed by atoms with Crippen LogP contribution < -0.4 is 0 Å². The Morgan fingerprint density at radius 1 is 0.926 bits per heavy atom. The Hall–Kier alpha value is -0.900. The summed E-state index contributed by atoms with van der Waals surface area (Å²) in [7, 11) is 0. The first-order chi connectivity index (χ1) is 12.6. The van der Waals surface area contributed by atoms with Crippen molar-refractivity contribution in [1.29, 1.82) is 0 Å².